The lowest BCUT2D eigenvalue weighted by Gasteiger charge is -2.60. The number of hydrogen-bond donors (Lipinski definition) is 1. The maximum Gasteiger partial charge on any atom is 0.246 e. The van der Waals surface area contributed by atoms with E-state index in [0.29, 0.717) is 23.4 Å². The molecule has 4 heteroatoms. The van der Waals surface area contributed by atoms with Gasteiger partial charge < -0.3 is 10.2 Å². The number of amides is 1. The maximum absolute atomic E-state index is 12.2. The second kappa shape index (κ2) is 6.33. The molecule has 28 heavy (non-hydrogen) atoms. The third-order valence-electron chi connectivity index (χ3n) is 9.11. The van der Waals surface area contributed by atoms with Crippen molar-refractivity contribution in [2.45, 2.75) is 64.5 Å². The Labute approximate surface area is 168 Å². The number of aromatic nitrogens is 1. The van der Waals surface area contributed by atoms with Crippen LogP contribution in [0.25, 0.3) is 0 Å². The Bertz CT molecular complexity index is 792. The monoisotopic (exact) mass is 379 g/mol. The van der Waals surface area contributed by atoms with Gasteiger partial charge in [0.25, 0.3) is 0 Å². The first-order valence-electron chi connectivity index (χ1n) is 11.1. The number of hydrogen-bond acceptors (Lipinski definition) is 3. The SMILES string of the molecule is CN1C(=O)C=C[C@@]2(C)C1CC[C@@H]1[C@H]2CC[C@]2(C)C(Nc3ccccn3)CC[C@@H]12. The van der Waals surface area contributed by atoms with Gasteiger partial charge in [0.15, 0.2) is 0 Å². The van der Waals surface area contributed by atoms with Crippen LogP contribution in [-0.4, -0.2) is 34.9 Å². The van der Waals surface area contributed by atoms with Crippen LogP contribution >= 0.6 is 0 Å². The molecule has 0 aromatic carbocycles. The van der Waals surface area contributed by atoms with Crippen molar-refractivity contribution in [1.82, 2.24) is 9.88 Å². The normalized spacial score (nSPS) is 44.6. The molecule has 5 rings (SSSR count). The Kier molecular flexibility index (Phi) is 4.12. The Balaban J connectivity index is 1.41. The third kappa shape index (κ3) is 2.49. The van der Waals surface area contributed by atoms with Gasteiger partial charge in [-0.2, -0.15) is 0 Å². The fraction of sp³-hybridized carbons (Fsp3) is 0.667. The quantitative estimate of drug-likeness (QED) is 0.823. The fourth-order valence-corrected chi connectivity index (χ4v) is 7.60. The van der Waals surface area contributed by atoms with Crippen LogP contribution < -0.4 is 5.32 Å². The summed E-state index contributed by atoms with van der Waals surface area (Å²) in [6, 6.07) is 7.03. The van der Waals surface area contributed by atoms with E-state index in [4.69, 9.17) is 0 Å². The molecule has 2 heterocycles. The predicted molar refractivity (Wildman–Crippen MR) is 112 cm³/mol. The zero-order valence-electron chi connectivity index (χ0n) is 17.4. The average molecular weight is 380 g/mol. The first-order chi connectivity index (χ1) is 13.4. The van der Waals surface area contributed by atoms with Gasteiger partial charge in [0.05, 0.1) is 0 Å². The summed E-state index contributed by atoms with van der Waals surface area (Å²) in [4.78, 5) is 18.8. The minimum atomic E-state index is 0.138. The van der Waals surface area contributed by atoms with Gasteiger partial charge in [-0.1, -0.05) is 26.0 Å². The third-order valence-corrected chi connectivity index (χ3v) is 9.11. The van der Waals surface area contributed by atoms with Crippen molar-refractivity contribution < 1.29 is 4.79 Å². The van der Waals surface area contributed by atoms with E-state index in [1.807, 2.05) is 30.3 Å². The fourth-order valence-electron chi connectivity index (χ4n) is 7.60. The van der Waals surface area contributed by atoms with Gasteiger partial charge in [-0.05, 0) is 79.9 Å². The molecule has 1 aromatic rings. The number of anilines is 1. The molecule has 1 aliphatic heterocycles. The summed E-state index contributed by atoms with van der Waals surface area (Å²) in [5.74, 6) is 3.46. The molecule has 1 amide bonds. The molecule has 0 spiro atoms. The zero-order chi connectivity index (χ0) is 19.5. The van der Waals surface area contributed by atoms with Crippen LogP contribution in [0.2, 0.25) is 0 Å². The second-order valence-electron chi connectivity index (χ2n) is 10.2. The molecule has 2 unspecified atom stereocenters. The number of carbonyl (C=O) groups excluding carboxylic acids is 1. The van der Waals surface area contributed by atoms with Crippen molar-refractivity contribution in [2.24, 2.45) is 28.6 Å². The van der Waals surface area contributed by atoms with E-state index in [1.54, 1.807) is 0 Å². The van der Waals surface area contributed by atoms with Crippen molar-refractivity contribution in [3.05, 3.63) is 36.5 Å². The lowest BCUT2D eigenvalue weighted by molar-refractivity contribution is -0.138. The molecule has 3 fully saturated rings. The van der Waals surface area contributed by atoms with Crippen molar-refractivity contribution >= 4 is 11.7 Å². The number of rotatable bonds is 2. The molecule has 0 radical (unpaired) electrons. The average Bonchev–Trinajstić information content (AvgIpc) is 3.02. The maximum atomic E-state index is 12.2. The van der Waals surface area contributed by atoms with Crippen LogP contribution in [0.3, 0.4) is 0 Å². The molecular formula is C24H33N3O. The summed E-state index contributed by atoms with van der Waals surface area (Å²) >= 11 is 0. The van der Waals surface area contributed by atoms with Gasteiger partial charge in [0.1, 0.15) is 5.82 Å². The van der Waals surface area contributed by atoms with Crippen LogP contribution in [0.4, 0.5) is 5.82 Å². The lowest BCUT2D eigenvalue weighted by atomic mass is 9.48. The molecule has 150 valence electrons. The van der Waals surface area contributed by atoms with Gasteiger partial charge in [-0.25, -0.2) is 4.98 Å². The van der Waals surface area contributed by atoms with Crippen molar-refractivity contribution in [1.29, 1.82) is 0 Å². The molecule has 1 N–H and O–H groups in total. The first kappa shape index (κ1) is 18.2. The van der Waals surface area contributed by atoms with Crippen molar-refractivity contribution in [3.8, 4) is 0 Å². The van der Waals surface area contributed by atoms with Crippen LogP contribution in [0.5, 0.6) is 0 Å². The van der Waals surface area contributed by atoms with E-state index in [0.717, 1.165) is 24.1 Å². The molecule has 3 aliphatic carbocycles. The smallest absolute Gasteiger partial charge is 0.246 e. The van der Waals surface area contributed by atoms with E-state index < -0.39 is 0 Å². The summed E-state index contributed by atoms with van der Waals surface area (Å²) in [5, 5.41) is 3.78. The first-order valence-corrected chi connectivity index (χ1v) is 11.1. The number of fused-ring (bicyclic) bond motifs is 5. The molecule has 4 aliphatic rings. The van der Waals surface area contributed by atoms with Crippen LogP contribution in [0, 0.1) is 28.6 Å². The number of pyridine rings is 1. The molecule has 1 aromatic heterocycles. The van der Waals surface area contributed by atoms with Gasteiger partial charge >= 0.3 is 0 Å². The second-order valence-corrected chi connectivity index (χ2v) is 10.2. The van der Waals surface area contributed by atoms with Gasteiger partial charge in [-0.15, -0.1) is 0 Å². The van der Waals surface area contributed by atoms with E-state index in [2.05, 4.69) is 42.4 Å². The van der Waals surface area contributed by atoms with E-state index >= 15 is 0 Å². The minimum absolute atomic E-state index is 0.138. The molecule has 0 bridgehead atoms. The number of nitrogens with zero attached hydrogens (tertiary/aromatic N) is 2. The highest BCUT2D eigenvalue weighted by atomic mass is 16.2. The topological polar surface area (TPSA) is 45.2 Å². The van der Waals surface area contributed by atoms with E-state index in [9.17, 15) is 4.79 Å². The van der Waals surface area contributed by atoms with Crippen LogP contribution in [0.15, 0.2) is 36.5 Å². The van der Waals surface area contributed by atoms with Gasteiger partial charge in [-0.3, -0.25) is 4.79 Å². The Morgan fingerprint density at radius 3 is 2.75 bits per heavy atom. The summed E-state index contributed by atoms with van der Waals surface area (Å²) in [7, 11) is 2.00. The summed E-state index contributed by atoms with van der Waals surface area (Å²) < 4.78 is 0. The molecule has 4 nitrogen and oxygen atoms in total. The largest absolute Gasteiger partial charge is 0.367 e. The zero-order valence-corrected chi connectivity index (χ0v) is 17.4. The number of carbonyl (C=O) groups is 1. The molecule has 3 saturated carbocycles. The number of nitrogens with one attached hydrogen (secondary N) is 1. The minimum Gasteiger partial charge on any atom is -0.367 e. The highest BCUT2D eigenvalue weighted by Gasteiger charge is 2.60. The van der Waals surface area contributed by atoms with Crippen LogP contribution in [-0.2, 0) is 4.79 Å². The van der Waals surface area contributed by atoms with E-state index in [1.165, 1.54) is 32.1 Å². The molecular weight excluding hydrogens is 346 g/mol. The van der Waals surface area contributed by atoms with Gasteiger partial charge in [0.2, 0.25) is 5.91 Å². The lowest BCUT2D eigenvalue weighted by Crippen LogP contribution is -2.60. The predicted octanol–water partition coefficient (Wildman–Crippen LogP) is 4.50. The van der Waals surface area contributed by atoms with E-state index in [-0.39, 0.29) is 11.3 Å². The Morgan fingerprint density at radius 2 is 1.96 bits per heavy atom. The highest BCUT2D eigenvalue weighted by Crippen LogP contribution is 2.64. The molecule has 0 saturated heterocycles. The molecule has 7 atom stereocenters. The van der Waals surface area contributed by atoms with Crippen LogP contribution in [0.1, 0.15) is 52.4 Å². The summed E-state index contributed by atoms with van der Waals surface area (Å²) in [6.45, 7) is 4.96. The Hall–Kier alpha value is -1.84. The number of likely N-dealkylation sites (N-methyl/N-ethyl adjacent to an activating group) is 1. The Morgan fingerprint density at radius 1 is 1.11 bits per heavy atom. The van der Waals surface area contributed by atoms with Gasteiger partial charge in [0, 0.05) is 30.7 Å². The van der Waals surface area contributed by atoms with Crippen molar-refractivity contribution in [2.75, 3.05) is 12.4 Å². The van der Waals surface area contributed by atoms with Crippen molar-refractivity contribution in [3.63, 3.8) is 0 Å². The summed E-state index contributed by atoms with van der Waals surface area (Å²) in [6.07, 6.45) is 13.5. The standard InChI is InChI=1S/C24H33N3O/c1-23-13-11-18-16(7-10-20-24(18,2)14-12-22(28)27(20)3)17(23)8-9-19(23)26-21-6-4-5-15-25-21/h4-6,12,14-20H,7-11,13H2,1-3H3,(H,25,26)/t16-,17-,18+,19?,20?,23-,24+/m0/s1. The summed E-state index contributed by atoms with van der Waals surface area (Å²) in [5.41, 5.74) is 0.487. The highest BCUT2D eigenvalue weighted by molar-refractivity contribution is 5.89.